The maximum absolute atomic E-state index is 12.2. The van der Waals surface area contributed by atoms with Gasteiger partial charge in [-0.15, -0.1) is 0 Å². The second-order valence-corrected chi connectivity index (χ2v) is 4.67. The number of nitrogens with two attached hydrogens (primary N) is 1. The molecule has 112 valence electrons. The van der Waals surface area contributed by atoms with Crippen molar-refractivity contribution in [3.05, 3.63) is 30.1 Å². The van der Waals surface area contributed by atoms with Gasteiger partial charge in [0.25, 0.3) is 5.91 Å². The highest BCUT2D eigenvalue weighted by Gasteiger charge is 2.22. The number of nitrogens with zero attached hydrogens (tertiary/aromatic N) is 2. The number of imide groups is 1. The maximum atomic E-state index is 12.2. The van der Waals surface area contributed by atoms with Gasteiger partial charge in [-0.05, 0) is 25.6 Å². The first-order valence-corrected chi connectivity index (χ1v) is 6.77. The fourth-order valence-electron chi connectivity index (χ4n) is 2.23. The van der Waals surface area contributed by atoms with Gasteiger partial charge in [0.05, 0.1) is 11.0 Å². The molecule has 0 aliphatic carbocycles. The fraction of sp³-hybridized carbons (Fsp3) is 0.357. The van der Waals surface area contributed by atoms with E-state index in [-0.39, 0.29) is 0 Å². The van der Waals surface area contributed by atoms with Gasteiger partial charge in [-0.25, -0.2) is 9.78 Å². The molecule has 1 aromatic heterocycles. The molecule has 0 saturated heterocycles. The third-order valence-corrected chi connectivity index (χ3v) is 3.27. The van der Waals surface area contributed by atoms with Gasteiger partial charge >= 0.3 is 6.03 Å². The molecule has 0 spiro atoms. The minimum atomic E-state index is -0.559. The van der Waals surface area contributed by atoms with E-state index in [1.54, 1.807) is 6.92 Å². The molecule has 2 rings (SSSR count). The van der Waals surface area contributed by atoms with Crippen LogP contribution >= 0.6 is 0 Å². The lowest BCUT2D eigenvalue weighted by Gasteiger charge is -2.16. The minimum Gasteiger partial charge on any atom is -0.341 e. The van der Waals surface area contributed by atoms with Crippen LogP contribution in [0.1, 0.15) is 18.8 Å². The summed E-state index contributed by atoms with van der Waals surface area (Å²) in [5.74, 6) is 0.342. The molecule has 0 aliphatic rings. The first-order chi connectivity index (χ1) is 10.1. The van der Waals surface area contributed by atoms with Gasteiger partial charge in [-0.3, -0.25) is 10.1 Å². The number of carbonyl (C=O) groups excluding carboxylic acids is 2. The van der Waals surface area contributed by atoms with Crippen LogP contribution in [0.15, 0.2) is 24.3 Å². The molecule has 0 radical (unpaired) electrons. The topological polar surface area (TPSA) is 102 Å². The third-order valence-electron chi connectivity index (χ3n) is 3.27. The molecule has 1 heterocycles. The minimum absolute atomic E-state index is 0.393. The van der Waals surface area contributed by atoms with E-state index in [0.29, 0.717) is 13.0 Å². The quantitative estimate of drug-likeness (QED) is 0.765. The fourth-order valence-corrected chi connectivity index (χ4v) is 2.23. The molecule has 0 saturated carbocycles. The largest absolute Gasteiger partial charge is 0.341 e. The molecule has 0 fully saturated rings. The molecular weight excluding hydrogens is 270 g/mol. The summed E-state index contributed by atoms with van der Waals surface area (Å²) in [6.45, 7) is 2.17. The van der Waals surface area contributed by atoms with Gasteiger partial charge in [0.15, 0.2) is 0 Å². The molecule has 21 heavy (non-hydrogen) atoms. The van der Waals surface area contributed by atoms with Crippen molar-refractivity contribution in [3.63, 3.8) is 0 Å². The summed E-state index contributed by atoms with van der Waals surface area (Å²) >= 11 is 0. The first kappa shape index (κ1) is 15.0. The molecule has 0 bridgehead atoms. The molecule has 1 aromatic carbocycles. The van der Waals surface area contributed by atoms with Crippen LogP contribution in [0.2, 0.25) is 0 Å². The van der Waals surface area contributed by atoms with E-state index in [4.69, 9.17) is 5.73 Å². The predicted molar refractivity (Wildman–Crippen MR) is 79.8 cm³/mol. The Labute approximate surface area is 122 Å². The van der Waals surface area contributed by atoms with Crippen molar-refractivity contribution < 1.29 is 9.59 Å². The average molecular weight is 289 g/mol. The van der Waals surface area contributed by atoms with E-state index >= 15 is 0 Å². The smallest absolute Gasteiger partial charge is 0.321 e. The highest BCUT2D eigenvalue weighted by Crippen LogP contribution is 2.21. The zero-order valence-corrected chi connectivity index (χ0v) is 12.1. The number of nitrogens with one attached hydrogen (secondary N) is 2. The normalized spacial score (nSPS) is 12.1. The number of imidazole rings is 1. The highest BCUT2D eigenvalue weighted by molar-refractivity contribution is 5.96. The number of carbonyl (C=O) groups is 2. The van der Waals surface area contributed by atoms with Gasteiger partial charge < -0.3 is 15.6 Å². The Hall–Kier alpha value is -2.41. The number of rotatable bonds is 4. The summed E-state index contributed by atoms with van der Waals surface area (Å²) in [7, 11) is 1.46. The van der Waals surface area contributed by atoms with Gasteiger partial charge in [0, 0.05) is 13.5 Å². The van der Waals surface area contributed by atoms with Crippen molar-refractivity contribution in [1.82, 2.24) is 20.2 Å². The second kappa shape index (κ2) is 6.36. The Bertz CT molecular complexity index is 664. The predicted octanol–water partition coefficient (Wildman–Crippen LogP) is 0.554. The van der Waals surface area contributed by atoms with E-state index in [2.05, 4.69) is 15.6 Å². The summed E-state index contributed by atoms with van der Waals surface area (Å²) in [6.07, 6.45) is 0.562. The third kappa shape index (κ3) is 3.03. The molecule has 4 N–H and O–H groups in total. The van der Waals surface area contributed by atoms with Crippen LogP contribution in [0.5, 0.6) is 0 Å². The Morgan fingerprint density at radius 1 is 1.38 bits per heavy atom. The van der Waals surface area contributed by atoms with Crippen molar-refractivity contribution >= 4 is 23.0 Å². The highest BCUT2D eigenvalue weighted by atomic mass is 16.2. The van der Waals surface area contributed by atoms with E-state index in [1.807, 2.05) is 28.8 Å². The standard InChI is InChI=1S/C14H19N5O2/c1-9(13(20)18-14(21)16-2)19-11-6-4-3-5-10(11)17-12(19)7-8-15/h3-6,9H,7-8,15H2,1-2H3,(H2,16,18,20,21). The number of hydrogen-bond donors (Lipinski definition) is 3. The number of benzene rings is 1. The van der Waals surface area contributed by atoms with Gasteiger partial charge in [0.2, 0.25) is 0 Å². The van der Waals surface area contributed by atoms with Crippen LogP contribution in [0.3, 0.4) is 0 Å². The van der Waals surface area contributed by atoms with Crippen molar-refractivity contribution in [3.8, 4) is 0 Å². The lowest BCUT2D eigenvalue weighted by molar-refractivity contribution is -0.122. The summed E-state index contributed by atoms with van der Waals surface area (Å²) in [5, 5.41) is 4.64. The number of aromatic nitrogens is 2. The summed E-state index contributed by atoms with van der Waals surface area (Å²) in [5.41, 5.74) is 7.27. The lowest BCUT2D eigenvalue weighted by Crippen LogP contribution is -2.41. The van der Waals surface area contributed by atoms with Crippen LogP contribution in [-0.4, -0.2) is 35.1 Å². The Balaban J connectivity index is 2.40. The van der Waals surface area contributed by atoms with Crippen LogP contribution in [-0.2, 0) is 11.2 Å². The monoisotopic (exact) mass is 289 g/mol. The summed E-state index contributed by atoms with van der Waals surface area (Å²) in [4.78, 5) is 27.9. The van der Waals surface area contributed by atoms with Crippen molar-refractivity contribution in [2.24, 2.45) is 5.73 Å². The molecule has 7 heteroatoms. The molecule has 7 nitrogen and oxygen atoms in total. The van der Waals surface area contributed by atoms with Crippen molar-refractivity contribution in [2.45, 2.75) is 19.4 Å². The van der Waals surface area contributed by atoms with Crippen molar-refractivity contribution in [2.75, 3.05) is 13.6 Å². The number of hydrogen-bond acceptors (Lipinski definition) is 4. The van der Waals surface area contributed by atoms with Crippen LogP contribution in [0.25, 0.3) is 11.0 Å². The van der Waals surface area contributed by atoms with E-state index in [1.165, 1.54) is 7.05 Å². The van der Waals surface area contributed by atoms with E-state index in [0.717, 1.165) is 16.9 Å². The van der Waals surface area contributed by atoms with Gasteiger partial charge in [-0.1, -0.05) is 12.1 Å². The van der Waals surface area contributed by atoms with E-state index in [9.17, 15) is 9.59 Å². The van der Waals surface area contributed by atoms with Crippen LogP contribution in [0.4, 0.5) is 4.79 Å². The Morgan fingerprint density at radius 2 is 2.10 bits per heavy atom. The summed E-state index contributed by atoms with van der Waals surface area (Å²) < 4.78 is 1.82. The zero-order chi connectivity index (χ0) is 15.4. The summed E-state index contributed by atoms with van der Waals surface area (Å²) in [6, 6.07) is 6.46. The number of amides is 3. The number of para-hydroxylation sites is 2. The maximum Gasteiger partial charge on any atom is 0.321 e. The molecule has 1 unspecified atom stereocenters. The molecule has 3 amide bonds. The lowest BCUT2D eigenvalue weighted by atomic mass is 10.2. The molecule has 0 aliphatic heterocycles. The van der Waals surface area contributed by atoms with E-state index < -0.39 is 18.0 Å². The Kier molecular flexibility index (Phi) is 4.54. The van der Waals surface area contributed by atoms with Gasteiger partial charge in [-0.2, -0.15) is 0 Å². The number of urea groups is 1. The zero-order valence-electron chi connectivity index (χ0n) is 12.1. The SMILES string of the molecule is CNC(=O)NC(=O)C(C)n1c(CCN)nc2ccccc21. The van der Waals surface area contributed by atoms with Crippen LogP contribution in [0, 0.1) is 0 Å². The second-order valence-electron chi connectivity index (χ2n) is 4.67. The first-order valence-electron chi connectivity index (χ1n) is 6.77. The van der Waals surface area contributed by atoms with Gasteiger partial charge in [0.1, 0.15) is 11.9 Å². The molecule has 2 aromatic rings. The molecular formula is C14H19N5O2. The average Bonchev–Trinajstić information content (AvgIpc) is 2.84. The van der Waals surface area contributed by atoms with Crippen molar-refractivity contribution in [1.29, 1.82) is 0 Å². The Morgan fingerprint density at radius 3 is 2.76 bits per heavy atom. The molecule has 1 atom stereocenters. The number of fused-ring (bicyclic) bond motifs is 1. The van der Waals surface area contributed by atoms with Crippen LogP contribution < -0.4 is 16.4 Å².